The highest BCUT2D eigenvalue weighted by Crippen LogP contribution is 0.981. The summed E-state index contributed by atoms with van der Waals surface area (Å²) in [6, 6.07) is 0. The first-order chi connectivity index (χ1) is 1.41. The van der Waals surface area contributed by atoms with Gasteiger partial charge in [-0.15, -0.1) is 0 Å². The molecule has 0 amide bonds. The molecule has 0 unspecified atom stereocenters. The highest BCUT2D eigenvalue weighted by molar-refractivity contribution is 3.91. The molecule has 0 heterocycles. The minimum atomic E-state index is 0. The van der Waals surface area contributed by atoms with E-state index in [2.05, 4.69) is 5.32 Å². The number of hydrogen-bond donors (Lipinski definition) is 1. The zero-order valence-electron chi connectivity index (χ0n) is 2.50. The van der Waals surface area contributed by atoms with E-state index >= 15 is 0 Å². The monoisotopic (exact) mass is 77.1 g/mol. The van der Waals surface area contributed by atoms with E-state index in [0.29, 0.717) is 0 Å². The molecule has 0 aliphatic carbocycles. The summed E-state index contributed by atoms with van der Waals surface area (Å²) in [7, 11) is 3.75. The van der Waals surface area contributed by atoms with E-state index < -0.39 is 0 Å². The van der Waals surface area contributed by atoms with Gasteiger partial charge in [0.05, 0.1) is 0 Å². The third kappa shape index (κ3) is 9510. The molecule has 1 N–H and O–H groups in total. The van der Waals surface area contributed by atoms with Gasteiger partial charge in [-0.05, 0) is 14.1 Å². The van der Waals surface area contributed by atoms with E-state index in [0.717, 1.165) is 0 Å². The zero-order valence-corrected chi connectivity index (χ0v) is 2.50. The van der Waals surface area contributed by atoms with E-state index in [1.807, 2.05) is 14.1 Å². The maximum atomic E-state index is 2.75. The van der Waals surface area contributed by atoms with Crippen molar-refractivity contribution in [2.45, 2.75) is 14.9 Å². The van der Waals surface area contributed by atoms with Gasteiger partial charge in [0.25, 0.3) is 0 Å². The molecule has 0 aliphatic rings. The molecule has 0 saturated heterocycles. The third-order valence-corrected chi connectivity index (χ3v) is 0. The Kier molecular flexibility index (Phi) is 152. The molecular formula is C4H15N. The van der Waals surface area contributed by atoms with Crippen LogP contribution in [-0.2, 0) is 0 Å². The number of nitrogens with one attached hydrogen (secondary N) is 1. The van der Waals surface area contributed by atoms with E-state index in [1.54, 1.807) is 0 Å². The molecule has 0 aromatic carbocycles. The molecule has 0 saturated carbocycles. The van der Waals surface area contributed by atoms with Crippen molar-refractivity contribution in [1.29, 1.82) is 0 Å². The molecule has 0 aliphatic heterocycles. The third-order valence-electron chi connectivity index (χ3n) is 0. The predicted molar refractivity (Wildman–Crippen MR) is 28.4 cm³/mol. The Labute approximate surface area is 35.4 Å². The van der Waals surface area contributed by atoms with Crippen LogP contribution in [0.1, 0.15) is 14.9 Å². The first-order valence-electron chi connectivity index (χ1n) is 1.00. The Morgan fingerprint density at radius 3 is 1.00 bits per heavy atom. The molecule has 0 aromatic heterocycles. The lowest BCUT2D eigenvalue weighted by molar-refractivity contribution is 1.02. The summed E-state index contributed by atoms with van der Waals surface area (Å²) in [6.07, 6.45) is 0. The maximum absolute atomic E-state index is 2.75. The van der Waals surface area contributed by atoms with Crippen LogP contribution in [0.4, 0.5) is 0 Å². The Bertz CT molecular complexity index is 3.61. The zero-order chi connectivity index (χ0) is 2.71. The van der Waals surface area contributed by atoms with E-state index in [-0.39, 0.29) is 14.9 Å². The van der Waals surface area contributed by atoms with Gasteiger partial charge in [-0.1, -0.05) is 14.9 Å². The second-order valence-electron chi connectivity index (χ2n) is 0.500. The quantitative estimate of drug-likeness (QED) is 0.456. The van der Waals surface area contributed by atoms with Gasteiger partial charge in [-0.2, -0.15) is 0 Å². The van der Waals surface area contributed by atoms with Crippen molar-refractivity contribution in [2.24, 2.45) is 0 Å². The number of rotatable bonds is 0. The normalized spacial score (nSPS) is 3.60. The molecule has 0 bridgehead atoms. The summed E-state index contributed by atoms with van der Waals surface area (Å²) in [5, 5.41) is 2.75. The van der Waals surface area contributed by atoms with Crippen LogP contribution >= 0.6 is 0 Å². The first-order valence-corrected chi connectivity index (χ1v) is 1.00. The summed E-state index contributed by atoms with van der Waals surface area (Å²) >= 11 is 0. The Hall–Kier alpha value is -0.0400. The van der Waals surface area contributed by atoms with Gasteiger partial charge in [0.1, 0.15) is 0 Å². The molecule has 1 heteroatoms. The van der Waals surface area contributed by atoms with Crippen LogP contribution in [0.2, 0.25) is 0 Å². The van der Waals surface area contributed by atoms with Crippen LogP contribution < -0.4 is 5.32 Å². The average Bonchev–Trinajstić information content (AvgIpc) is 0.918. The van der Waals surface area contributed by atoms with Crippen molar-refractivity contribution in [2.75, 3.05) is 14.1 Å². The van der Waals surface area contributed by atoms with Crippen LogP contribution in [0.25, 0.3) is 0 Å². The molecule has 1 nitrogen and oxygen atoms in total. The maximum Gasteiger partial charge on any atom is -0.0167 e. The predicted octanol–water partition coefficient (Wildman–Crippen LogP) is 1.11. The SMILES string of the molecule is C.C.CNC. The average molecular weight is 77.2 g/mol. The van der Waals surface area contributed by atoms with E-state index in [1.165, 1.54) is 0 Å². The van der Waals surface area contributed by atoms with Crippen LogP contribution in [0, 0.1) is 0 Å². The van der Waals surface area contributed by atoms with Gasteiger partial charge in [0.2, 0.25) is 0 Å². The Morgan fingerprint density at radius 2 is 1.00 bits per heavy atom. The van der Waals surface area contributed by atoms with Crippen molar-refractivity contribution in [3.63, 3.8) is 0 Å². The van der Waals surface area contributed by atoms with Crippen molar-refractivity contribution < 1.29 is 0 Å². The topological polar surface area (TPSA) is 12.0 Å². The Balaban J connectivity index is -0.0000000200. The smallest absolute Gasteiger partial charge is 0.0167 e. The van der Waals surface area contributed by atoms with Crippen LogP contribution in [0.15, 0.2) is 0 Å². The van der Waals surface area contributed by atoms with Gasteiger partial charge in [0, 0.05) is 0 Å². The van der Waals surface area contributed by atoms with Gasteiger partial charge < -0.3 is 5.32 Å². The fourth-order valence-electron chi connectivity index (χ4n) is 0. The van der Waals surface area contributed by atoms with Crippen LogP contribution in [0.3, 0.4) is 0 Å². The standard InChI is InChI=1S/C2H7N.2CH4/c1-3-2;;/h3H,1-2H3;2*1H4. The first kappa shape index (κ1) is 20.2. The summed E-state index contributed by atoms with van der Waals surface area (Å²) in [4.78, 5) is 0. The lowest BCUT2D eigenvalue weighted by Crippen LogP contribution is -1.89. The number of hydrogen-bond acceptors (Lipinski definition) is 1. The van der Waals surface area contributed by atoms with E-state index in [9.17, 15) is 0 Å². The highest BCUT2D eigenvalue weighted by Gasteiger charge is 1.25. The fourth-order valence-corrected chi connectivity index (χ4v) is 0. The van der Waals surface area contributed by atoms with Gasteiger partial charge >= 0.3 is 0 Å². The van der Waals surface area contributed by atoms with E-state index in [4.69, 9.17) is 0 Å². The van der Waals surface area contributed by atoms with Crippen LogP contribution in [0.5, 0.6) is 0 Å². The van der Waals surface area contributed by atoms with Gasteiger partial charge in [-0.25, -0.2) is 0 Å². The molecule has 0 spiro atoms. The lowest BCUT2D eigenvalue weighted by Gasteiger charge is -1.59. The molecule has 5 heavy (non-hydrogen) atoms. The van der Waals surface area contributed by atoms with Crippen molar-refractivity contribution in [1.82, 2.24) is 5.32 Å². The second-order valence-corrected chi connectivity index (χ2v) is 0.500. The van der Waals surface area contributed by atoms with Crippen molar-refractivity contribution in [3.05, 3.63) is 0 Å². The van der Waals surface area contributed by atoms with Gasteiger partial charge in [0.15, 0.2) is 0 Å². The summed E-state index contributed by atoms with van der Waals surface area (Å²) in [5.74, 6) is 0. The van der Waals surface area contributed by atoms with Crippen molar-refractivity contribution in [3.8, 4) is 0 Å². The Morgan fingerprint density at radius 1 is 1.00 bits per heavy atom. The molecule has 36 valence electrons. The summed E-state index contributed by atoms with van der Waals surface area (Å²) < 4.78 is 0. The molecule has 0 fully saturated rings. The second kappa shape index (κ2) is 37.6. The molecule has 0 atom stereocenters. The van der Waals surface area contributed by atoms with Gasteiger partial charge in [-0.3, -0.25) is 0 Å². The highest BCUT2D eigenvalue weighted by atomic mass is 14.7. The minimum absolute atomic E-state index is 0. The summed E-state index contributed by atoms with van der Waals surface area (Å²) in [5.41, 5.74) is 0. The van der Waals surface area contributed by atoms with Crippen molar-refractivity contribution >= 4 is 0 Å². The molecule has 0 aromatic rings. The molecule has 0 radical (unpaired) electrons. The minimum Gasteiger partial charge on any atom is -0.323 e. The molecular weight excluding hydrogens is 62.1 g/mol. The largest absolute Gasteiger partial charge is 0.323 e. The molecule has 0 rings (SSSR count). The summed E-state index contributed by atoms with van der Waals surface area (Å²) in [6.45, 7) is 0. The van der Waals surface area contributed by atoms with Crippen LogP contribution in [-0.4, -0.2) is 14.1 Å². The fraction of sp³-hybridized carbons (Fsp3) is 1.00. The lowest BCUT2D eigenvalue weighted by atomic mass is 11.3.